The van der Waals surface area contributed by atoms with Crippen LogP contribution >= 0.6 is 15.9 Å². The van der Waals surface area contributed by atoms with Gasteiger partial charge in [-0.25, -0.2) is 9.97 Å². The first-order valence-electron chi connectivity index (χ1n) is 6.49. The van der Waals surface area contributed by atoms with E-state index in [4.69, 9.17) is 0 Å². The molecule has 0 unspecified atom stereocenters. The lowest BCUT2D eigenvalue weighted by Gasteiger charge is -2.18. The number of aromatic nitrogens is 2. The van der Waals surface area contributed by atoms with E-state index in [9.17, 15) is 0 Å². The van der Waals surface area contributed by atoms with Gasteiger partial charge in [0.05, 0.1) is 0 Å². The molecule has 0 atom stereocenters. The van der Waals surface area contributed by atoms with E-state index < -0.39 is 0 Å². The maximum atomic E-state index is 4.68. The van der Waals surface area contributed by atoms with Gasteiger partial charge >= 0.3 is 0 Å². The molecule has 0 amide bonds. The summed E-state index contributed by atoms with van der Waals surface area (Å²) < 4.78 is 0.858. The molecule has 19 heavy (non-hydrogen) atoms. The minimum absolute atomic E-state index is 0.334. The van der Waals surface area contributed by atoms with Crippen LogP contribution in [0.25, 0.3) is 0 Å². The summed E-state index contributed by atoms with van der Waals surface area (Å²) in [5, 5.41) is 0. The number of fused-ring (bicyclic) bond motifs is 1. The van der Waals surface area contributed by atoms with Crippen molar-refractivity contribution < 1.29 is 0 Å². The van der Waals surface area contributed by atoms with Gasteiger partial charge in [0.15, 0.2) is 0 Å². The third-order valence-electron chi connectivity index (χ3n) is 3.38. The fourth-order valence-corrected chi connectivity index (χ4v) is 2.72. The molecule has 1 aliphatic heterocycles. The van der Waals surface area contributed by atoms with E-state index in [1.807, 2.05) is 6.07 Å². The van der Waals surface area contributed by atoms with Crippen LogP contribution in [0.3, 0.4) is 0 Å². The molecule has 3 nitrogen and oxygen atoms in total. The van der Waals surface area contributed by atoms with E-state index in [0.717, 1.165) is 29.3 Å². The first-order valence-corrected chi connectivity index (χ1v) is 7.29. The second-order valence-corrected chi connectivity index (χ2v) is 6.00. The SMILES string of the molecule is CC(C)c1nc(Br)cc(N2Cc3ccccc3C2)n1. The maximum Gasteiger partial charge on any atom is 0.134 e. The van der Waals surface area contributed by atoms with Gasteiger partial charge in [0, 0.05) is 25.1 Å². The van der Waals surface area contributed by atoms with Crippen molar-refractivity contribution in [1.82, 2.24) is 9.97 Å². The summed E-state index contributed by atoms with van der Waals surface area (Å²) in [6.45, 7) is 6.09. The first kappa shape index (κ1) is 12.6. The van der Waals surface area contributed by atoms with Crippen LogP contribution in [0.15, 0.2) is 34.9 Å². The zero-order chi connectivity index (χ0) is 13.4. The van der Waals surface area contributed by atoms with Crippen molar-refractivity contribution in [2.45, 2.75) is 32.9 Å². The highest BCUT2D eigenvalue weighted by Gasteiger charge is 2.20. The van der Waals surface area contributed by atoms with Crippen LogP contribution in [0.4, 0.5) is 5.82 Å². The Hall–Kier alpha value is -1.42. The Labute approximate surface area is 121 Å². The van der Waals surface area contributed by atoms with Gasteiger partial charge in [-0.1, -0.05) is 38.1 Å². The highest BCUT2D eigenvalue weighted by Crippen LogP contribution is 2.28. The molecule has 1 aromatic heterocycles. The number of benzene rings is 1. The van der Waals surface area contributed by atoms with E-state index in [0.29, 0.717) is 5.92 Å². The fraction of sp³-hybridized carbons (Fsp3) is 0.333. The fourth-order valence-electron chi connectivity index (χ4n) is 2.34. The Bertz CT molecular complexity index is 585. The van der Waals surface area contributed by atoms with E-state index >= 15 is 0 Å². The van der Waals surface area contributed by atoms with Gasteiger partial charge in [-0.2, -0.15) is 0 Å². The van der Waals surface area contributed by atoms with Crippen molar-refractivity contribution >= 4 is 21.7 Å². The van der Waals surface area contributed by atoms with Crippen LogP contribution in [-0.2, 0) is 13.1 Å². The predicted octanol–water partition coefficient (Wildman–Crippen LogP) is 3.88. The Morgan fingerprint density at radius 2 is 1.74 bits per heavy atom. The van der Waals surface area contributed by atoms with Crippen molar-refractivity contribution in [3.63, 3.8) is 0 Å². The molecule has 0 N–H and O–H groups in total. The number of anilines is 1. The standard InChI is InChI=1S/C15H16BrN3/c1-10(2)15-17-13(16)7-14(18-15)19-8-11-5-3-4-6-12(11)9-19/h3-7,10H,8-9H2,1-2H3. The summed E-state index contributed by atoms with van der Waals surface area (Å²) in [5.74, 6) is 2.23. The Balaban J connectivity index is 1.93. The van der Waals surface area contributed by atoms with Crippen LogP contribution in [0.2, 0.25) is 0 Å². The maximum absolute atomic E-state index is 4.68. The highest BCUT2D eigenvalue weighted by molar-refractivity contribution is 9.10. The first-order chi connectivity index (χ1) is 9.13. The van der Waals surface area contributed by atoms with Crippen LogP contribution in [0, 0.1) is 0 Å². The van der Waals surface area contributed by atoms with Gasteiger partial charge in [-0.05, 0) is 27.1 Å². The average Bonchev–Trinajstić information content (AvgIpc) is 2.81. The Morgan fingerprint density at radius 3 is 2.32 bits per heavy atom. The lowest BCUT2D eigenvalue weighted by molar-refractivity contribution is 0.751. The molecule has 0 fully saturated rings. The summed E-state index contributed by atoms with van der Waals surface area (Å²) in [6, 6.07) is 10.6. The lowest BCUT2D eigenvalue weighted by atomic mass is 10.1. The van der Waals surface area contributed by atoms with E-state index in [1.54, 1.807) is 0 Å². The molecule has 3 rings (SSSR count). The molecule has 2 aromatic rings. The van der Waals surface area contributed by atoms with E-state index in [-0.39, 0.29) is 0 Å². The number of rotatable bonds is 2. The van der Waals surface area contributed by atoms with Crippen molar-refractivity contribution in [3.05, 3.63) is 51.9 Å². The third-order valence-corrected chi connectivity index (χ3v) is 3.79. The number of hydrogen-bond acceptors (Lipinski definition) is 3. The van der Waals surface area contributed by atoms with Crippen molar-refractivity contribution in [2.75, 3.05) is 4.90 Å². The van der Waals surface area contributed by atoms with E-state index in [2.05, 4.69) is 68.9 Å². The predicted molar refractivity (Wildman–Crippen MR) is 80.2 cm³/mol. The minimum atomic E-state index is 0.334. The molecule has 98 valence electrons. The summed E-state index contributed by atoms with van der Waals surface area (Å²) >= 11 is 3.49. The largest absolute Gasteiger partial charge is 0.348 e. The molecular formula is C15H16BrN3. The van der Waals surface area contributed by atoms with Crippen LogP contribution in [0.1, 0.15) is 36.7 Å². The van der Waals surface area contributed by atoms with Crippen LogP contribution in [0.5, 0.6) is 0 Å². The van der Waals surface area contributed by atoms with Crippen molar-refractivity contribution in [1.29, 1.82) is 0 Å². The molecular weight excluding hydrogens is 302 g/mol. The third kappa shape index (κ3) is 2.50. The summed E-state index contributed by atoms with van der Waals surface area (Å²) in [5.41, 5.74) is 2.78. The molecule has 0 saturated carbocycles. The Kier molecular flexibility index (Phi) is 3.27. The lowest BCUT2D eigenvalue weighted by Crippen LogP contribution is -2.17. The molecule has 1 aromatic carbocycles. The quantitative estimate of drug-likeness (QED) is 0.787. The molecule has 0 aliphatic carbocycles. The molecule has 1 aliphatic rings. The molecule has 0 radical (unpaired) electrons. The second-order valence-electron chi connectivity index (χ2n) is 5.19. The molecule has 2 heterocycles. The normalized spacial score (nSPS) is 14.0. The molecule has 0 bridgehead atoms. The van der Waals surface area contributed by atoms with Gasteiger partial charge in [0.25, 0.3) is 0 Å². The van der Waals surface area contributed by atoms with E-state index in [1.165, 1.54) is 11.1 Å². The average molecular weight is 318 g/mol. The highest BCUT2D eigenvalue weighted by atomic mass is 79.9. The van der Waals surface area contributed by atoms with Gasteiger partial charge in [0.2, 0.25) is 0 Å². The van der Waals surface area contributed by atoms with Crippen molar-refractivity contribution in [2.24, 2.45) is 0 Å². The second kappa shape index (κ2) is 4.93. The van der Waals surface area contributed by atoms with Gasteiger partial charge in [-0.15, -0.1) is 0 Å². The zero-order valence-corrected chi connectivity index (χ0v) is 12.7. The summed E-state index contributed by atoms with van der Waals surface area (Å²) in [6.07, 6.45) is 0. The minimum Gasteiger partial charge on any atom is -0.348 e. The summed E-state index contributed by atoms with van der Waals surface area (Å²) in [7, 11) is 0. The van der Waals surface area contributed by atoms with Gasteiger partial charge < -0.3 is 4.90 Å². The smallest absolute Gasteiger partial charge is 0.134 e. The summed E-state index contributed by atoms with van der Waals surface area (Å²) in [4.78, 5) is 11.4. The number of halogens is 1. The van der Waals surface area contributed by atoms with Gasteiger partial charge in [-0.3, -0.25) is 0 Å². The van der Waals surface area contributed by atoms with Crippen molar-refractivity contribution in [3.8, 4) is 0 Å². The zero-order valence-electron chi connectivity index (χ0n) is 11.1. The molecule has 0 spiro atoms. The van der Waals surface area contributed by atoms with Gasteiger partial charge in [0.1, 0.15) is 16.2 Å². The topological polar surface area (TPSA) is 29.0 Å². The van der Waals surface area contributed by atoms with Crippen LogP contribution < -0.4 is 4.90 Å². The molecule has 4 heteroatoms. The number of nitrogens with zero attached hydrogens (tertiary/aromatic N) is 3. The Morgan fingerprint density at radius 1 is 1.11 bits per heavy atom. The number of hydrogen-bond donors (Lipinski definition) is 0. The van der Waals surface area contributed by atoms with Crippen LogP contribution in [-0.4, -0.2) is 9.97 Å². The monoisotopic (exact) mass is 317 g/mol. The molecule has 0 saturated heterocycles.